The number of nitrogens with zero attached hydrogens (tertiary/aromatic N) is 2. The zero-order valence-corrected chi connectivity index (χ0v) is 14.4. The summed E-state index contributed by atoms with van der Waals surface area (Å²) in [4.78, 5) is 18.7. The van der Waals surface area contributed by atoms with Crippen molar-refractivity contribution in [2.75, 3.05) is 20.6 Å². The van der Waals surface area contributed by atoms with E-state index in [9.17, 15) is 4.79 Å². The van der Waals surface area contributed by atoms with Crippen molar-refractivity contribution in [3.05, 3.63) is 30.1 Å². The van der Waals surface area contributed by atoms with Gasteiger partial charge in [0.1, 0.15) is 0 Å². The van der Waals surface area contributed by atoms with Gasteiger partial charge in [-0.1, -0.05) is 6.07 Å². The number of aromatic nitrogens is 1. The quantitative estimate of drug-likeness (QED) is 0.877. The molecule has 126 valence electrons. The maximum Gasteiger partial charge on any atom is 0.223 e. The first kappa shape index (κ1) is 16.4. The molecule has 0 saturated heterocycles. The SMILES string of the molecule is CN(C)[C@H](c1ccccn1)C1CCC(CNC(=O)C2CC2)CC1. The lowest BCUT2D eigenvalue weighted by Crippen LogP contribution is -2.35. The van der Waals surface area contributed by atoms with Gasteiger partial charge in [0.25, 0.3) is 0 Å². The second-order valence-electron chi connectivity index (χ2n) is 7.46. The average Bonchev–Trinajstić information content (AvgIpc) is 3.40. The van der Waals surface area contributed by atoms with E-state index in [-0.39, 0.29) is 5.91 Å². The van der Waals surface area contributed by atoms with Gasteiger partial charge in [0.15, 0.2) is 0 Å². The van der Waals surface area contributed by atoms with Crippen molar-refractivity contribution in [3.8, 4) is 0 Å². The lowest BCUT2D eigenvalue weighted by molar-refractivity contribution is -0.122. The summed E-state index contributed by atoms with van der Waals surface area (Å²) in [7, 11) is 4.31. The summed E-state index contributed by atoms with van der Waals surface area (Å²) >= 11 is 0. The third-order valence-electron chi connectivity index (χ3n) is 5.40. The van der Waals surface area contributed by atoms with E-state index in [1.807, 2.05) is 12.3 Å². The molecule has 2 aliphatic carbocycles. The molecule has 0 aliphatic heterocycles. The summed E-state index contributed by atoms with van der Waals surface area (Å²) in [5.41, 5.74) is 1.18. The van der Waals surface area contributed by atoms with Crippen molar-refractivity contribution in [2.24, 2.45) is 17.8 Å². The minimum atomic E-state index is 0.284. The number of pyridine rings is 1. The first-order chi connectivity index (χ1) is 11.1. The molecule has 3 rings (SSSR count). The summed E-state index contributed by atoms with van der Waals surface area (Å²) in [5.74, 6) is 1.93. The van der Waals surface area contributed by atoms with Gasteiger partial charge in [0, 0.05) is 18.7 Å². The van der Waals surface area contributed by atoms with Crippen molar-refractivity contribution in [3.63, 3.8) is 0 Å². The fraction of sp³-hybridized carbons (Fsp3) is 0.684. The van der Waals surface area contributed by atoms with E-state index in [1.165, 1.54) is 31.4 Å². The number of carbonyl (C=O) groups is 1. The minimum Gasteiger partial charge on any atom is -0.356 e. The van der Waals surface area contributed by atoms with E-state index >= 15 is 0 Å². The molecule has 0 aromatic carbocycles. The summed E-state index contributed by atoms with van der Waals surface area (Å²) in [5, 5.41) is 3.15. The minimum absolute atomic E-state index is 0.284. The highest BCUT2D eigenvalue weighted by molar-refractivity contribution is 5.80. The largest absolute Gasteiger partial charge is 0.356 e. The molecule has 1 N–H and O–H groups in total. The highest BCUT2D eigenvalue weighted by atomic mass is 16.2. The molecule has 1 heterocycles. The molecule has 23 heavy (non-hydrogen) atoms. The van der Waals surface area contributed by atoms with E-state index in [0.29, 0.717) is 23.8 Å². The van der Waals surface area contributed by atoms with Gasteiger partial charge in [-0.3, -0.25) is 9.78 Å². The summed E-state index contributed by atoms with van der Waals surface area (Å²) < 4.78 is 0. The molecule has 4 heteroatoms. The molecule has 0 unspecified atom stereocenters. The smallest absolute Gasteiger partial charge is 0.223 e. The molecule has 1 amide bonds. The van der Waals surface area contributed by atoms with E-state index in [2.05, 4.69) is 41.4 Å². The van der Waals surface area contributed by atoms with Crippen molar-refractivity contribution in [1.29, 1.82) is 0 Å². The third-order valence-corrected chi connectivity index (χ3v) is 5.40. The molecule has 1 aromatic heterocycles. The second-order valence-corrected chi connectivity index (χ2v) is 7.46. The maximum atomic E-state index is 11.8. The van der Waals surface area contributed by atoms with E-state index in [1.54, 1.807) is 0 Å². The zero-order chi connectivity index (χ0) is 16.2. The van der Waals surface area contributed by atoms with Crippen molar-refractivity contribution < 1.29 is 4.79 Å². The average molecular weight is 315 g/mol. The zero-order valence-electron chi connectivity index (χ0n) is 14.4. The van der Waals surface area contributed by atoms with Crippen LogP contribution >= 0.6 is 0 Å². The molecule has 0 spiro atoms. The molecule has 2 aliphatic rings. The van der Waals surface area contributed by atoms with Crippen LogP contribution in [0, 0.1) is 17.8 Å². The molecule has 1 atom stereocenters. The van der Waals surface area contributed by atoms with Gasteiger partial charge in [0.2, 0.25) is 5.91 Å². The third kappa shape index (κ3) is 4.31. The lowest BCUT2D eigenvalue weighted by Gasteiger charge is -2.37. The monoisotopic (exact) mass is 315 g/mol. The van der Waals surface area contributed by atoms with Gasteiger partial charge in [-0.05, 0) is 76.6 Å². The van der Waals surface area contributed by atoms with Crippen molar-refractivity contribution in [2.45, 2.75) is 44.6 Å². The van der Waals surface area contributed by atoms with Gasteiger partial charge in [-0.15, -0.1) is 0 Å². The van der Waals surface area contributed by atoms with Crippen LogP contribution in [0.15, 0.2) is 24.4 Å². The van der Waals surface area contributed by atoms with Crippen LogP contribution in [-0.2, 0) is 4.79 Å². The molecular formula is C19H29N3O. The Morgan fingerprint density at radius 1 is 1.22 bits per heavy atom. The van der Waals surface area contributed by atoms with E-state index in [4.69, 9.17) is 0 Å². The second kappa shape index (κ2) is 7.43. The summed E-state index contributed by atoms with van der Waals surface area (Å²) in [6.07, 6.45) is 8.96. The molecule has 1 aromatic rings. The highest BCUT2D eigenvalue weighted by Crippen LogP contribution is 2.38. The number of hydrogen-bond donors (Lipinski definition) is 1. The molecule has 2 fully saturated rings. The topological polar surface area (TPSA) is 45.2 Å². The van der Waals surface area contributed by atoms with Crippen molar-refractivity contribution >= 4 is 5.91 Å². The standard InChI is InChI=1S/C19H29N3O/c1-22(2)18(17-5-3-4-12-20-17)15-8-6-14(7-9-15)13-21-19(23)16-10-11-16/h3-5,12,14-16,18H,6-11,13H2,1-2H3,(H,21,23)/t14?,15?,18-/m0/s1. The fourth-order valence-electron chi connectivity index (χ4n) is 3.92. The first-order valence-electron chi connectivity index (χ1n) is 9.00. The van der Waals surface area contributed by atoms with E-state index < -0.39 is 0 Å². The normalized spacial score (nSPS) is 26.0. The van der Waals surface area contributed by atoms with Crippen LogP contribution in [0.25, 0.3) is 0 Å². The maximum absolute atomic E-state index is 11.8. The van der Waals surface area contributed by atoms with Crippen LogP contribution in [0.4, 0.5) is 0 Å². The predicted molar refractivity (Wildman–Crippen MR) is 91.8 cm³/mol. The lowest BCUT2D eigenvalue weighted by atomic mass is 9.77. The Morgan fingerprint density at radius 2 is 1.96 bits per heavy atom. The van der Waals surface area contributed by atoms with Crippen LogP contribution in [0.2, 0.25) is 0 Å². The highest BCUT2D eigenvalue weighted by Gasteiger charge is 2.32. The Kier molecular flexibility index (Phi) is 5.31. The van der Waals surface area contributed by atoms with Crippen LogP contribution in [0.1, 0.15) is 50.3 Å². The van der Waals surface area contributed by atoms with Gasteiger partial charge >= 0.3 is 0 Å². The molecule has 2 saturated carbocycles. The first-order valence-corrected chi connectivity index (χ1v) is 9.00. The number of amides is 1. The van der Waals surface area contributed by atoms with Gasteiger partial charge in [-0.25, -0.2) is 0 Å². The van der Waals surface area contributed by atoms with E-state index in [0.717, 1.165) is 19.4 Å². The summed E-state index contributed by atoms with van der Waals surface area (Å²) in [6.45, 7) is 0.873. The van der Waals surface area contributed by atoms with Gasteiger partial charge in [0.05, 0.1) is 11.7 Å². The van der Waals surface area contributed by atoms with Crippen LogP contribution in [0.3, 0.4) is 0 Å². The number of hydrogen-bond acceptors (Lipinski definition) is 3. The Bertz CT molecular complexity index is 505. The fourth-order valence-corrected chi connectivity index (χ4v) is 3.92. The Morgan fingerprint density at radius 3 is 2.52 bits per heavy atom. The Labute approximate surface area is 139 Å². The number of nitrogens with one attached hydrogen (secondary N) is 1. The molecule has 0 radical (unpaired) electrons. The van der Waals surface area contributed by atoms with Gasteiger partial charge in [-0.2, -0.15) is 0 Å². The number of carbonyl (C=O) groups excluding carboxylic acids is 1. The molecule has 4 nitrogen and oxygen atoms in total. The molecule has 0 bridgehead atoms. The predicted octanol–water partition coefficient (Wildman–Crippen LogP) is 3.02. The van der Waals surface area contributed by atoms with Crippen LogP contribution in [-0.4, -0.2) is 36.4 Å². The van der Waals surface area contributed by atoms with Crippen LogP contribution in [0.5, 0.6) is 0 Å². The number of rotatable bonds is 6. The Balaban J connectivity index is 1.51. The van der Waals surface area contributed by atoms with Crippen LogP contribution < -0.4 is 5.32 Å². The van der Waals surface area contributed by atoms with Gasteiger partial charge < -0.3 is 10.2 Å². The molecular weight excluding hydrogens is 286 g/mol. The summed E-state index contributed by atoms with van der Waals surface area (Å²) in [6, 6.07) is 6.61. The van der Waals surface area contributed by atoms with Crippen molar-refractivity contribution in [1.82, 2.24) is 15.2 Å². The Hall–Kier alpha value is -1.42.